The van der Waals surface area contributed by atoms with Gasteiger partial charge in [-0.05, 0) is 39.3 Å². The molecule has 0 unspecified atom stereocenters. The Morgan fingerprint density at radius 2 is 1.22 bits per heavy atom. The Morgan fingerprint density at radius 1 is 0.778 bits per heavy atom. The molecule has 0 aliphatic heterocycles. The molecular formula is C22H30N2O3. The lowest BCUT2D eigenvalue weighted by atomic mass is 9.86. The Balaban J connectivity index is 2.43. The van der Waals surface area contributed by atoms with Crippen molar-refractivity contribution in [1.82, 2.24) is 9.80 Å². The Labute approximate surface area is 162 Å². The summed E-state index contributed by atoms with van der Waals surface area (Å²) in [5.74, 6) is -0.388. The molecule has 0 aromatic heterocycles. The van der Waals surface area contributed by atoms with Gasteiger partial charge in [-0.25, -0.2) is 4.79 Å². The highest BCUT2D eigenvalue weighted by Gasteiger charge is 2.45. The summed E-state index contributed by atoms with van der Waals surface area (Å²) in [5, 5.41) is 0. The second-order valence-electron chi connectivity index (χ2n) is 7.00. The molecule has 0 radical (unpaired) electrons. The standard InChI is InChI=1S/C22H30N2O3/c1-23(2)15-17-26-21(25)22(27-18-16-24(3)4,19-11-7-5-8-12-19)20-13-9-6-10-14-20/h5-14H,15-18H2,1-4H3. The highest BCUT2D eigenvalue weighted by Crippen LogP contribution is 2.35. The molecule has 5 nitrogen and oxygen atoms in total. The van der Waals surface area contributed by atoms with Crippen LogP contribution in [0.1, 0.15) is 11.1 Å². The Hall–Kier alpha value is -2.21. The number of esters is 1. The van der Waals surface area contributed by atoms with E-state index in [0.29, 0.717) is 26.3 Å². The van der Waals surface area contributed by atoms with Crippen molar-refractivity contribution < 1.29 is 14.3 Å². The summed E-state index contributed by atoms with van der Waals surface area (Å²) >= 11 is 0. The topological polar surface area (TPSA) is 42.0 Å². The van der Waals surface area contributed by atoms with Crippen molar-refractivity contribution >= 4 is 5.97 Å². The number of carbonyl (C=O) groups is 1. The quantitative estimate of drug-likeness (QED) is 0.602. The highest BCUT2D eigenvalue weighted by atomic mass is 16.6. The van der Waals surface area contributed by atoms with Crippen LogP contribution in [-0.4, -0.2) is 70.3 Å². The molecule has 0 bridgehead atoms. The van der Waals surface area contributed by atoms with Crippen LogP contribution in [0.15, 0.2) is 60.7 Å². The van der Waals surface area contributed by atoms with Gasteiger partial charge in [0.15, 0.2) is 0 Å². The van der Waals surface area contributed by atoms with E-state index >= 15 is 0 Å². The van der Waals surface area contributed by atoms with Crippen LogP contribution in [0.2, 0.25) is 0 Å². The van der Waals surface area contributed by atoms with Crippen LogP contribution in [0.5, 0.6) is 0 Å². The maximum Gasteiger partial charge on any atom is 0.347 e. The molecule has 0 aliphatic rings. The van der Waals surface area contributed by atoms with E-state index in [1.165, 1.54) is 0 Å². The van der Waals surface area contributed by atoms with Crippen molar-refractivity contribution in [1.29, 1.82) is 0 Å². The molecule has 0 saturated heterocycles. The second-order valence-corrected chi connectivity index (χ2v) is 7.00. The summed E-state index contributed by atoms with van der Waals surface area (Å²) < 4.78 is 12.0. The zero-order valence-corrected chi connectivity index (χ0v) is 16.7. The van der Waals surface area contributed by atoms with Crippen molar-refractivity contribution in [2.75, 3.05) is 54.5 Å². The second kappa shape index (κ2) is 10.2. The van der Waals surface area contributed by atoms with Crippen molar-refractivity contribution in [2.24, 2.45) is 0 Å². The minimum atomic E-state index is -1.29. The van der Waals surface area contributed by atoms with Crippen LogP contribution >= 0.6 is 0 Å². The van der Waals surface area contributed by atoms with Crippen molar-refractivity contribution in [3.63, 3.8) is 0 Å². The van der Waals surface area contributed by atoms with Crippen LogP contribution in [0, 0.1) is 0 Å². The summed E-state index contributed by atoms with van der Waals surface area (Å²) in [7, 11) is 7.85. The average molecular weight is 370 g/mol. The molecule has 2 rings (SSSR count). The maximum absolute atomic E-state index is 13.3. The Kier molecular flexibility index (Phi) is 7.98. The van der Waals surface area contributed by atoms with Gasteiger partial charge in [-0.3, -0.25) is 0 Å². The van der Waals surface area contributed by atoms with Gasteiger partial charge in [0.25, 0.3) is 0 Å². The number of benzene rings is 2. The number of ether oxygens (including phenoxy) is 2. The molecule has 0 aliphatic carbocycles. The zero-order valence-electron chi connectivity index (χ0n) is 16.7. The third-order valence-electron chi connectivity index (χ3n) is 4.28. The molecular weight excluding hydrogens is 340 g/mol. The van der Waals surface area contributed by atoms with E-state index in [0.717, 1.165) is 11.1 Å². The monoisotopic (exact) mass is 370 g/mol. The van der Waals surface area contributed by atoms with Gasteiger partial charge in [0.05, 0.1) is 6.61 Å². The number of carbonyl (C=O) groups excluding carboxylic acids is 1. The van der Waals surface area contributed by atoms with Crippen molar-refractivity contribution in [2.45, 2.75) is 5.60 Å². The fourth-order valence-electron chi connectivity index (χ4n) is 2.78. The van der Waals surface area contributed by atoms with E-state index in [1.54, 1.807) is 0 Å². The van der Waals surface area contributed by atoms with E-state index in [2.05, 4.69) is 0 Å². The van der Waals surface area contributed by atoms with Gasteiger partial charge >= 0.3 is 5.97 Å². The van der Waals surface area contributed by atoms with Crippen LogP contribution in [0.25, 0.3) is 0 Å². The van der Waals surface area contributed by atoms with Gasteiger partial charge in [0.2, 0.25) is 5.60 Å². The van der Waals surface area contributed by atoms with Crippen molar-refractivity contribution in [3.05, 3.63) is 71.8 Å². The van der Waals surface area contributed by atoms with Gasteiger partial charge in [0, 0.05) is 13.1 Å². The van der Waals surface area contributed by atoms with Crippen molar-refractivity contribution in [3.8, 4) is 0 Å². The first kappa shape index (κ1) is 21.1. The summed E-state index contributed by atoms with van der Waals surface area (Å²) in [6.07, 6.45) is 0. The van der Waals surface area contributed by atoms with Gasteiger partial charge in [-0.15, -0.1) is 0 Å². The molecule has 0 spiro atoms. The first-order chi connectivity index (χ1) is 13.0. The van der Waals surface area contributed by atoms with Crippen LogP contribution < -0.4 is 0 Å². The molecule has 2 aromatic carbocycles. The first-order valence-corrected chi connectivity index (χ1v) is 9.18. The molecule has 0 saturated carbocycles. The fraction of sp³-hybridized carbons (Fsp3) is 0.409. The van der Waals surface area contributed by atoms with E-state index < -0.39 is 5.60 Å². The minimum absolute atomic E-state index is 0.310. The third kappa shape index (κ3) is 5.63. The number of rotatable bonds is 10. The molecule has 0 fully saturated rings. The highest BCUT2D eigenvalue weighted by molar-refractivity contribution is 5.85. The van der Waals surface area contributed by atoms with E-state index in [4.69, 9.17) is 9.47 Å². The summed E-state index contributed by atoms with van der Waals surface area (Å²) in [4.78, 5) is 17.3. The predicted octanol–water partition coefficient (Wildman–Crippen LogP) is 2.61. The zero-order chi connectivity index (χ0) is 19.7. The molecule has 5 heteroatoms. The summed E-state index contributed by atoms with van der Waals surface area (Å²) in [6.45, 7) is 2.07. The first-order valence-electron chi connectivity index (χ1n) is 9.18. The smallest absolute Gasteiger partial charge is 0.347 e. The average Bonchev–Trinajstić information content (AvgIpc) is 2.66. The van der Waals surface area contributed by atoms with Crippen LogP contribution in [-0.2, 0) is 19.9 Å². The van der Waals surface area contributed by atoms with Gasteiger partial charge in [-0.2, -0.15) is 0 Å². The number of likely N-dealkylation sites (N-methyl/N-ethyl adjacent to an activating group) is 2. The molecule has 27 heavy (non-hydrogen) atoms. The van der Waals surface area contributed by atoms with Crippen LogP contribution in [0.3, 0.4) is 0 Å². The molecule has 0 heterocycles. The predicted molar refractivity (Wildman–Crippen MR) is 108 cm³/mol. The largest absolute Gasteiger partial charge is 0.462 e. The van der Waals surface area contributed by atoms with E-state index in [1.807, 2.05) is 98.7 Å². The van der Waals surface area contributed by atoms with Gasteiger partial charge in [0.1, 0.15) is 6.61 Å². The van der Waals surface area contributed by atoms with Gasteiger partial charge in [-0.1, -0.05) is 60.7 Å². The lowest BCUT2D eigenvalue weighted by Gasteiger charge is -2.33. The summed E-state index contributed by atoms with van der Waals surface area (Å²) in [6, 6.07) is 19.2. The maximum atomic E-state index is 13.3. The van der Waals surface area contributed by atoms with E-state index in [9.17, 15) is 4.79 Å². The molecule has 0 amide bonds. The molecule has 2 aromatic rings. The Morgan fingerprint density at radius 3 is 1.67 bits per heavy atom. The number of hydrogen-bond donors (Lipinski definition) is 0. The lowest BCUT2D eigenvalue weighted by Crippen LogP contribution is -2.43. The Bertz CT molecular complexity index is 648. The number of hydrogen-bond acceptors (Lipinski definition) is 5. The van der Waals surface area contributed by atoms with E-state index in [-0.39, 0.29) is 5.97 Å². The van der Waals surface area contributed by atoms with Crippen LogP contribution in [0.4, 0.5) is 0 Å². The minimum Gasteiger partial charge on any atom is -0.462 e. The molecule has 0 N–H and O–H groups in total. The summed E-state index contributed by atoms with van der Waals surface area (Å²) in [5.41, 5.74) is 0.250. The SMILES string of the molecule is CN(C)CCOC(=O)C(OCCN(C)C)(c1ccccc1)c1ccccc1. The molecule has 146 valence electrons. The normalized spacial score (nSPS) is 11.8. The number of nitrogens with zero attached hydrogens (tertiary/aromatic N) is 2. The lowest BCUT2D eigenvalue weighted by molar-refractivity contribution is -0.169. The third-order valence-corrected chi connectivity index (χ3v) is 4.28. The molecule has 0 atom stereocenters. The van der Waals surface area contributed by atoms with Gasteiger partial charge < -0.3 is 19.3 Å². The fourth-order valence-corrected chi connectivity index (χ4v) is 2.78.